The fourth-order valence-electron chi connectivity index (χ4n) is 3.32. The number of nitrogens with zero attached hydrogens (tertiary/aromatic N) is 2. The number of aliphatic imine (C=N–C) groups is 1. The summed E-state index contributed by atoms with van der Waals surface area (Å²) in [5.74, 6) is 0.00823. The molecule has 3 aromatic rings. The highest BCUT2D eigenvalue weighted by molar-refractivity contribution is 14.1. The minimum atomic E-state index is -0.712. The summed E-state index contributed by atoms with van der Waals surface area (Å²) < 4.78 is 18.0. The largest absolute Gasteiger partial charge is 0.490 e. The number of halogens is 3. The van der Waals surface area contributed by atoms with Crippen molar-refractivity contribution in [3.8, 4) is 11.5 Å². The molecule has 0 radical (unpaired) electrons. The van der Waals surface area contributed by atoms with Crippen molar-refractivity contribution in [2.45, 2.75) is 13.5 Å². The van der Waals surface area contributed by atoms with E-state index in [4.69, 9.17) is 37.4 Å². The number of ether oxygens (including phenoxy) is 3. The number of esters is 1. The van der Waals surface area contributed by atoms with Gasteiger partial charge < -0.3 is 14.2 Å². The number of carbonyl (C=O) groups is 1. The molecule has 0 aromatic heterocycles. The zero-order valence-electron chi connectivity index (χ0n) is 18.7. The summed E-state index contributed by atoms with van der Waals surface area (Å²) in [6.45, 7) is 2.50. The predicted molar refractivity (Wildman–Crippen MR) is 145 cm³/mol. The third-order valence-electron chi connectivity index (χ3n) is 4.98. The Morgan fingerprint density at radius 3 is 2.61 bits per heavy atom. The van der Waals surface area contributed by atoms with E-state index in [1.807, 2.05) is 31.2 Å². The monoisotopic (exact) mass is 638 g/mol. The lowest BCUT2D eigenvalue weighted by molar-refractivity contribution is -0.384. The fourth-order valence-corrected chi connectivity index (χ4v) is 4.32. The zero-order chi connectivity index (χ0) is 25.8. The Morgan fingerprint density at radius 1 is 1.11 bits per heavy atom. The van der Waals surface area contributed by atoms with Crippen molar-refractivity contribution in [1.29, 1.82) is 0 Å². The molecule has 3 aromatic carbocycles. The molecular formula is C25H17Cl2IN2O6. The summed E-state index contributed by atoms with van der Waals surface area (Å²) in [6.07, 6.45) is 1.48. The Labute approximate surface area is 229 Å². The third-order valence-corrected chi connectivity index (χ3v) is 6.63. The van der Waals surface area contributed by atoms with E-state index in [1.54, 1.807) is 12.1 Å². The van der Waals surface area contributed by atoms with Crippen molar-refractivity contribution in [2.75, 3.05) is 6.61 Å². The standard InChI is InChI=1S/C25H17Cl2IN2O6/c1-2-34-22-11-14(9-18(27)23(22)35-13-16-5-3-4-6-19(16)28)10-20-25(31)36-24(29-20)15-7-8-17(26)21(12-15)30(32)33/h3-12H,2,13H2,1H3/b20-10-. The van der Waals surface area contributed by atoms with E-state index in [0.29, 0.717) is 35.3 Å². The van der Waals surface area contributed by atoms with Crippen molar-refractivity contribution < 1.29 is 23.9 Å². The molecule has 0 unspecified atom stereocenters. The van der Waals surface area contributed by atoms with Gasteiger partial charge in [0.25, 0.3) is 5.69 Å². The highest BCUT2D eigenvalue weighted by atomic mass is 127. The minimum absolute atomic E-state index is 0.00590. The molecule has 0 saturated carbocycles. The molecule has 0 saturated heterocycles. The van der Waals surface area contributed by atoms with Crippen LogP contribution in [0.2, 0.25) is 10.0 Å². The lowest BCUT2D eigenvalue weighted by atomic mass is 10.1. The summed E-state index contributed by atoms with van der Waals surface area (Å²) in [5, 5.41) is 11.4. The molecule has 11 heteroatoms. The van der Waals surface area contributed by atoms with Gasteiger partial charge in [-0.15, -0.1) is 0 Å². The topological polar surface area (TPSA) is 100 Å². The van der Waals surface area contributed by atoms with Gasteiger partial charge in [0, 0.05) is 20.8 Å². The molecule has 0 N–H and O–H groups in total. The van der Waals surface area contributed by atoms with Crippen LogP contribution in [0.3, 0.4) is 0 Å². The van der Waals surface area contributed by atoms with Crippen LogP contribution in [-0.4, -0.2) is 23.4 Å². The van der Waals surface area contributed by atoms with Crippen LogP contribution in [-0.2, 0) is 16.1 Å². The number of carbonyl (C=O) groups excluding carboxylic acids is 1. The van der Waals surface area contributed by atoms with E-state index in [-0.39, 0.29) is 27.9 Å². The first-order valence-electron chi connectivity index (χ1n) is 10.6. The Kier molecular flexibility index (Phi) is 8.12. The van der Waals surface area contributed by atoms with Crippen molar-refractivity contribution in [3.05, 3.63) is 101 Å². The van der Waals surface area contributed by atoms with Crippen LogP contribution in [0.1, 0.15) is 23.6 Å². The number of rotatable bonds is 8. The fraction of sp³-hybridized carbons (Fsp3) is 0.120. The number of nitro benzene ring substituents is 1. The second kappa shape index (κ2) is 11.3. The second-order valence-corrected chi connectivity index (χ2v) is 9.38. The molecule has 0 amide bonds. The van der Waals surface area contributed by atoms with Gasteiger partial charge in [-0.1, -0.05) is 41.4 Å². The summed E-state index contributed by atoms with van der Waals surface area (Å²) >= 11 is 14.6. The Hall–Kier alpha value is -3.15. The van der Waals surface area contributed by atoms with Crippen molar-refractivity contribution in [3.63, 3.8) is 0 Å². The molecule has 1 aliphatic rings. The van der Waals surface area contributed by atoms with E-state index in [9.17, 15) is 14.9 Å². The number of cyclic esters (lactones) is 1. The molecule has 4 rings (SSSR count). The van der Waals surface area contributed by atoms with Gasteiger partial charge in [-0.25, -0.2) is 9.79 Å². The van der Waals surface area contributed by atoms with Gasteiger partial charge in [0.15, 0.2) is 17.2 Å². The number of hydrogen-bond acceptors (Lipinski definition) is 7. The number of nitro groups is 1. The van der Waals surface area contributed by atoms with Crippen LogP contribution in [0.4, 0.5) is 5.69 Å². The van der Waals surface area contributed by atoms with Gasteiger partial charge in [0.2, 0.25) is 5.90 Å². The first kappa shape index (κ1) is 25.9. The van der Waals surface area contributed by atoms with Gasteiger partial charge in [-0.2, -0.15) is 0 Å². The van der Waals surface area contributed by atoms with Crippen molar-refractivity contribution >= 4 is 69.4 Å². The molecule has 36 heavy (non-hydrogen) atoms. The van der Waals surface area contributed by atoms with Crippen LogP contribution in [0, 0.1) is 13.7 Å². The average Bonchev–Trinajstić information content (AvgIpc) is 3.20. The molecule has 1 heterocycles. The molecule has 8 nitrogen and oxygen atoms in total. The van der Waals surface area contributed by atoms with Crippen LogP contribution in [0.15, 0.2) is 65.3 Å². The highest BCUT2D eigenvalue weighted by Crippen LogP contribution is 2.38. The molecular weight excluding hydrogens is 622 g/mol. The van der Waals surface area contributed by atoms with Crippen molar-refractivity contribution in [1.82, 2.24) is 0 Å². The minimum Gasteiger partial charge on any atom is -0.490 e. The van der Waals surface area contributed by atoms with E-state index in [1.165, 1.54) is 24.3 Å². The van der Waals surface area contributed by atoms with Crippen LogP contribution < -0.4 is 9.47 Å². The van der Waals surface area contributed by atoms with E-state index < -0.39 is 10.9 Å². The maximum Gasteiger partial charge on any atom is 0.363 e. The summed E-state index contributed by atoms with van der Waals surface area (Å²) in [7, 11) is 0. The highest BCUT2D eigenvalue weighted by Gasteiger charge is 2.26. The zero-order valence-corrected chi connectivity index (χ0v) is 22.3. The first-order valence-corrected chi connectivity index (χ1v) is 12.4. The van der Waals surface area contributed by atoms with Crippen LogP contribution in [0.5, 0.6) is 11.5 Å². The Morgan fingerprint density at radius 2 is 1.89 bits per heavy atom. The van der Waals surface area contributed by atoms with Crippen LogP contribution in [0.25, 0.3) is 6.08 Å². The van der Waals surface area contributed by atoms with Crippen LogP contribution >= 0.6 is 45.8 Å². The molecule has 0 atom stereocenters. The maximum absolute atomic E-state index is 12.4. The Balaban J connectivity index is 1.63. The SMILES string of the molecule is CCOc1cc(/C=C2\N=C(c3ccc(Cl)c([N+](=O)[O-])c3)OC2=O)cc(Cl)c1OCc1ccccc1I. The smallest absolute Gasteiger partial charge is 0.363 e. The molecule has 0 bridgehead atoms. The molecule has 0 fully saturated rings. The Bertz CT molecular complexity index is 1420. The van der Waals surface area contributed by atoms with E-state index >= 15 is 0 Å². The molecule has 0 aliphatic carbocycles. The predicted octanol–water partition coefficient (Wildman–Crippen LogP) is 6.83. The lowest BCUT2D eigenvalue weighted by Gasteiger charge is -2.15. The van der Waals surface area contributed by atoms with Gasteiger partial charge in [0.05, 0.1) is 16.6 Å². The average molecular weight is 639 g/mol. The van der Waals surface area contributed by atoms with Gasteiger partial charge in [-0.3, -0.25) is 10.1 Å². The lowest BCUT2D eigenvalue weighted by Crippen LogP contribution is -2.06. The maximum atomic E-state index is 12.4. The third kappa shape index (κ3) is 5.80. The molecule has 184 valence electrons. The number of benzene rings is 3. The summed E-state index contributed by atoms with van der Waals surface area (Å²) in [5.41, 5.74) is 1.45. The van der Waals surface area contributed by atoms with Gasteiger partial charge in [0.1, 0.15) is 11.6 Å². The van der Waals surface area contributed by atoms with Gasteiger partial charge >= 0.3 is 5.97 Å². The van der Waals surface area contributed by atoms with E-state index in [0.717, 1.165) is 9.13 Å². The molecule has 1 aliphatic heterocycles. The normalized spacial score (nSPS) is 13.9. The summed E-state index contributed by atoms with van der Waals surface area (Å²) in [6, 6.07) is 15.1. The number of hydrogen-bond donors (Lipinski definition) is 0. The van der Waals surface area contributed by atoms with Crippen molar-refractivity contribution in [2.24, 2.45) is 4.99 Å². The molecule has 0 spiro atoms. The first-order chi connectivity index (χ1) is 17.3. The van der Waals surface area contributed by atoms with Gasteiger partial charge in [-0.05, 0) is 71.5 Å². The quantitative estimate of drug-likeness (QED) is 0.0882. The van der Waals surface area contributed by atoms with E-state index in [2.05, 4.69) is 27.6 Å². The second-order valence-electron chi connectivity index (χ2n) is 7.40. The summed E-state index contributed by atoms with van der Waals surface area (Å²) in [4.78, 5) is 27.2.